The molecule has 1 radical (unpaired) electrons. The molecule has 0 spiro atoms. The first-order valence-corrected chi connectivity index (χ1v) is 6.68. The van der Waals surface area contributed by atoms with E-state index in [9.17, 15) is 19.2 Å². The Labute approximate surface area is 119 Å². The van der Waals surface area contributed by atoms with E-state index in [1.807, 2.05) is 0 Å². The van der Waals surface area contributed by atoms with Crippen LogP contribution in [0.4, 0.5) is 0 Å². The van der Waals surface area contributed by atoms with E-state index in [-0.39, 0.29) is 30.2 Å². The second kappa shape index (κ2) is 9.36. The van der Waals surface area contributed by atoms with Crippen molar-refractivity contribution in [2.45, 2.75) is 45.6 Å². The van der Waals surface area contributed by atoms with E-state index in [0.717, 1.165) is 0 Å². The first kappa shape index (κ1) is 18.4. The highest BCUT2D eigenvalue weighted by atomic mass is 16.2. The molecule has 0 saturated heterocycles. The van der Waals surface area contributed by atoms with Crippen molar-refractivity contribution in [1.82, 2.24) is 5.32 Å². The van der Waals surface area contributed by atoms with Gasteiger partial charge in [-0.1, -0.05) is 6.92 Å². The van der Waals surface area contributed by atoms with Gasteiger partial charge in [-0.2, -0.15) is 0 Å². The molecule has 0 aromatic carbocycles. The maximum Gasteiger partial charge on any atom is 0.219 e. The van der Waals surface area contributed by atoms with Gasteiger partial charge in [0.25, 0.3) is 0 Å². The van der Waals surface area contributed by atoms with Crippen LogP contribution in [0.15, 0.2) is 0 Å². The highest BCUT2D eigenvalue weighted by molar-refractivity contribution is 5.99. The standard InChI is InChI=1S/C14H23N2O4/c1-4-11(18)6-5-10(9(2)17)7-13(19)12(16-3)8-14(15)20/h7,10,12,16H,4-6,8H2,1-3H3,(H2,15,20). The fraction of sp³-hybridized carbons (Fsp3) is 0.643. The number of Topliss-reactive ketones (excluding diaryl/α,β-unsaturated/α-hetero) is 3. The number of hydrogen-bond donors (Lipinski definition) is 2. The quantitative estimate of drug-likeness (QED) is 0.563. The lowest BCUT2D eigenvalue weighted by atomic mass is 9.89. The SMILES string of the molecule is CCC(=O)CCC([CH]C(=O)C(CC(N)=O)NC)C(C)=O. The van der Waals surface area contributed by atoms with Gasteiger partial charge in [0.1, 0.15) is 11.6 Å². The number of hydrogen-bond acceptors (Lipinski definition) is 5. The van der Waals surface area contributed by atoms with Crippen LogP contribution in [0.3, 0.4) is 0 Å². The third-order valence-electron chi connectivity index (χ3n) is 3.11. The van der Waals surface area contributed by atoms with Gasteiger partial charge in [0.2, 0.25) is 5.91 Å². The van der Waals surface area contributed by atoms with Crippen molar-refractivity contribution >= 4 is 23.3 Å². The summed E-state index contributed by atoms with van der Waals surface area (Å²) in [5.41, 5.74) is 5.06. The normalized spacial score (nSPS) is 13.6. The first-order chi connectivity index (χ1) is 9.31. The van der Waals surface area contributed by atoms with Crippen molar-refractivity contribution in [3.63, 3.8) is 0 Å². The Hall–Kier alpha value is -1.56. The monoisotopic (exact) mass is 283 g/mol. The van der Waals surface area contributed by atoms with Crippen LogP contribution >= 0.6 is 0 Å². The highest BCUT2D eigenvalue weighted by Crippen LogP contribution is 2.15. The van der Waals surface area contributed by atoms with Gasteiger partial charge in [0, 0.05) is 31.6 Å². The smallest absolute Gasteiger partial charge is 0.219 e. The number of likely N-dealkylation sites (N-methyl/N-ethyl adjacent to an activating group) is 1. The molecule has 0 aliphatic heterocycles. The third-order valence-corrected chi connectivity index (χ3v) is 3.11. The van der Waals surface area contributed by atoms with E-state index in [1.54, 1.807) is 14.0 Å². The van der Waals surface area contributed by atoms with Gasteiger partial charge in [0.15, 0.2) is 5.78 Å². The largest absolute Gasteiger partial charge is 0.370 e. The summed E-state index contributed by atoms with van der Waals surface area (Å²) < 4.78 is 0. The maximum absolute atomic E-state index is 12.0. The van der Waals surface area contributed by atoms with Crippen molar-refractivity contribution < 1.29 is 19.2 Å². The second-order valence-electron chi connectivity index (χ2n) is 4.73. The van der Waals surface area contributed by atoms with Crippen LogP contribution in [0.5, 0.6) is 0 Å². The van der Waals surface area contributed by atoms with Gasteiger partial charge in [-0.05, 0) is 20.4 Å². The summed E-state index contributed by atoms with van der Waals surface area (Å²) in [5.74, 6) is -1.65. The highest BCUT2D eigenvalue weighted by Gasteiger charge is 2.25. The Morgan fingerprint density at radius 2 is 1.85 bits per heavy atom. The van der Waals surface area contributed by atoms with Crippen LogP contribution in [0.1, 0.15) is 39.5 Å². The van der Waals surface area contributed by atoms with Gasteiger partial charge in [-0.15, -0.1) is 0 Å². The molecular formula is C14H23N2O4. The summed E-state index contributed by atoms with van der Waals surface area (Å²) in [6.07, 6.45) is 2.17. The predicted molar refractivity (Wildman–Crippen MR) is 74.7 cm³/mol. The topological polar surface area (TPSA) is 106 Å². The summed E-state index contributed by atoms with van der Waals surface area (Å²) >= 11 is 0. The number of carbonyl (C=O) groups excluding carboxylic acids is 4. The molecule has 20 heavy (non-hydrogen) atoms. The molecule has 0 heterocycles. The molecule has 2 atom stereocenters. The van der Waals surface area contributed by atoms with Crippen molar-refractivity contribution in [3.05, 3.63) is 6.42 Å². The summed E-state index contributed by atoms with van der Waals surface area (Å²) in [7, 11) is 1.54. The Balaban J connectivity index is 4.56. The number of primary amides is 1. The predicted octanol–water partition coefficient (Wildman–Crippen LogP) is 0.188. The van der Waals surface area contributed by atoms with Gasteiger partial charge in [-0.3, -0.25) is 19.2 Å². The van der Waals surface area contributed by atoms with Crippen molar-refractivity contribution in [2.24, 2.45) is 11.7 Å². The van der Waals surface area contributed by atoms with Gasteiger partial charge < -0.3 is 11.1 Å². The van der Waals surface area contributed by atoms with Gasteiger partial charge >= 0.3 is 0 Å². The summed E-state index contributed by atoms with van der Waals surface area (Å²) in [6.45, 7) is 3.14. The molecule has 0 fully saturated rings. The Kier molecular flexibility index (Phi) is 8.63. The van der Waals surface area contributed by atoms with E-state index in [2.05, 4.69) is 5.32 Å². The lowest BCUT2D eigenvalue weighted by Crippen LogP contribution is -2.39. The van der Waals surface area contributed by atoms with Gasteiger partial charge in [0.05, 0.1) is 6.04 Å². The molecule has 2 unspecified atom stereocenters. The molecular weight excluding hydrogens is 260 g/mol. The number of amides is 1. The van der Waals surface area contributed by atoms with Crippen LogP contribution in [0.2, 0.25) is 0 Å². The molecule has 1 amide bonds. The summed E-state index contributed by atoms with van der Waals surface area (Å²) in [4.78, 5) is 45.6. The molecule has 6 heteroatoms. The molecule has 0 bridgehead atoms. The van der Waals surface area contributed by atoms with E-state index in [0.29, 0.717) is 12.8 Å². The molecule has 0 rings (SSSR count). The molecule has 0 aliphatic carbocycles. The minimum absolute atomic E-state index is 0.0550. The number of carbonyl (C=O) groups is 4. The zero-order valence-corrected chi connectivity index (χ0v) is 12.3. The first-order valence-electron chi connectivity index (χ1n) is 6.68. The fourth-order valence-electron chi connectivity index (χ4n) is 1.76. The molecule has 3 N–H and O–H groups in total. The molecule has 0 saturated carbocycles. The van der Waals surface area contributed by atoms with E-state index in [1.165, 1.54) is 13.3 Å². The van der Waals surface area contributed by atoms with Crippen molar-refractivity contribution in [1.29, 1.82) is 0 Å². The molecule has 113 valence electrons. The average Bonchev–Trinajstić information content (AvgIpc) is 2.39. The van der Waals surface area contributed by atoms with E-state index < -0.39 is 17.9 Å². The number of rotatable bonds is 11. The number of ketones is 3. The number of nitrogens with one attached hydrogen (secondary N) is 1. The molecule has 0 aliphatic rings. The van der Waals surface area contributed by atoms with Crippen LogP contribution in [0, 0.1) is 12.3 Å². The zero-order valence-electron chi connectivity index (χ0n) is 12.3. The minimum atomic E-state index is -0.726. The average molecular weight is 283 g/mol. The van der Waals surface area contributed by atoms with E-state index in [4.69, 9.17) is 5.73 Å². The molecule has 0 aromatic rings. The van der Waals surface area contributed by atoms with Crippen LogP contribution in [-0.2, 0) is 19.2 Å². The lowest BCUT2D eigenvalue weighted by molar-refractivity contribution is -0.126. The minimum Gasteiger partial charge on any atom is -0.370 e. The van der Waals surface area contributed by atoms with Crippen LogP contribution in [-0.4, -0.2) is 36.3 Å². The lowest BCUT2D eigenvalue weighted by Gasteiger charge is -2.17. The third kappa shape index (κ3) is 7.13. The van der Waals surface area contributed by atoms with Crippen molar-refractivity contribution in [2.75, 3.05) is 7.05 Å². The molecule has 0 aromatic heterocycles. The Morgan fingerprint density at radius 3 is 2.25 bits per heavy atom. The van der Waals surface area contributed by atoms with Crippen molar-refractivity contribution in [3.8, 4) is 0 Å². The second-order valence-corrected chi connectivity index (χ2v) is 4.73. The summed E-state index contributed by atoms with van der Waals surface area (Å²) in [5, 5.41) is 2.69. The summed E-state index contributed by atoms with van der Waals surface area (Å²) in [6, 6.07) is -0.726. The maximum atomic E-state index is 12.0. The Morgan fingerprint density at radius 1 is 1.25 bits per heavy atom. The van der Waals surface area contributed by atoms with Crippen LogP contribution < -0.4 is 11.1 Å². The number of nitrogens with two attached hydrogens (primary N) is 1. The Bertz CT molecular complexity index is 379. The fourth-order valence-corrected chi connectivity index (χ4v) is 1.76. The van der Waals surface area contributed by atoms with Crippen LogP contribution in [0.25, 0.3) is 0 Å². The molecule has 6 nitrogen and oxygen atoms in total. The zero-order chi connectivity index (χ0) is 15.7. The van der Waals surface area contributed by atoms with E-state index >= 15 is 0 Å². The van der Waals surface area contributed by atoms with Gasteiger partial charge in [-0.25, -0.2) is 0 Å².